The molecule has 164 valence electrons. The fourth-order valence-electron chi connectivity index (χ4n) is 3.56. The molecule has 6 nitrogen and oxygen atoms in total. The Balaban J connectivity index is 1.70. The van der Waals surface area contributed by atoms with Gasteiger partial charge in [0.05, 0.1) is 36.2 Å². The molecule has 3 aromatic carbocycles. The first-order valence-electron chi connectivity index (χ1n) is 9.84. The number of anilines is 2. The third kappa shape index (κ3) is 4.26. The van der Waals surface area contributed by atoms with E-state index < -0.39 is 0 Å². The van der Waals surface area contributed by atoms with Gasteiger partial charge < -0.3 is 14.8 Å². The molecule has 2 amide bonds. The van der Waals surface area contributed by atoms with Gasteiger partial charge in [-0.1, -0.05) is 41.9 Å². The quantitative estimate of drug-likeness (QED) is 0.525. The number of ether oxygens (including phenoxy) is 2. The number of benzene rings is 3. The first-order chi connectivity index (χ1) is 15.5. The van der Waals surface area contributed by atoms with Gasteiger partial charge in [-0.2, -0.15) is 0 Å². The summed E-state index contributed by atoms with van der Waals surface area (Å²) in [5.74, 6) is 1.12. The minimum absolute atomic E-state index is 0.0456. The van der Waals surface area contributed by atoms with Crippen molar-refractivity contribution in [3.8, 4) is 11.5 Å². The van der Waals surface area contributed by atoms with Gasteiger partial charge in [0, 0.05) is 17.3 Å². The zero-order chi connectivity index (χ0) is 22.7. The standard InChI is InChI=1S/C24H21ClN2O4S/c1-30-15-11-12-20(21(13-15)31-2)27-22(28)14-32-24(27)17-8-4-6-10-19(17)26-23(29)16-7-3-5-9-18(16)25/h3-13,24H,14H2,1-2H3,(H,26,29)/t24-/m0/s1. The van der Waals surface area contributed by atoms with Crippen LogP contribution >= 0.6 is 23.4 Å². The maximum Gasteiger partial charge on any atom is 0.257 e. The maximum absolute atomic E-state index is 12.9. The summed E-state index contributed by atoms with van der Waals surface area (Å²) in [4.78, 5) is 27.5. The van der Waals surface area contributed by atoms with Crippen molar-refractivity contribution in [2.75, 3.05) is 30.2 Å². The van der Waals surface area contributed by atoms with Gasteiger partial charge in [0.15, 0.2) is 0 Å². The molecule has 0 bridgehead atoms. The second-order valence-electron chi connectivity index (χ2n) is 6.99. The molecule has 1 aliphatic rings. The van der Waals surface area contributed by atoms with Crippen molar-refractivity contribution in [1.82, 2.24) is 0 Å². The zero-order valence-electron chi connectivity index (χ0n) is 17.5. The van der Waals surface area contributed by atoms with E-state index in [0.29, 0.717) is 39.2 Å². The summed E-state index contributed by atoms with van der Waals surface area (Å²) < 4.78 is 10.8. The molecule has 0 spiro atoms. The molecule has 1 fully saturated rings. The second kappa shape index (κ2) is 9.54. The van der Waals surface area contributed by atoms with Crippen molar-refractivity contribution in [2.24, 2.45) is 0 Å². The molecule has 0 radical (unpaired) electrons. The molecule has 0 aromatic heterocycles. The molecule has 0 saturated carbocycles. The number of amides is 2. The molecule has 1 atom stereocenters. The predicted octanol–water partition coefficient (Wildman–Crippen LogP) is 5.39. The third-order valence-corrected chi connectivity index (χ3v) is 6.63. The zero-order valence-corrected chi connectivity index (χ0v) is 19.1. The van der Waals surface area contributed by atoms with Crippen LogP contribution in [0.4, 0.5) is 11.4 Å². The van der Waals surface area contributed by atoms with Crippen LogP contribution in [0.15, 0.2) is 66.7 Å². The summed E-state index contributed by atoms with van der Waals surface area (Å²) in [5.41, 5.74) is 2.44. The van der Waals surface area contributed by atoms with Gasteiger partial charge in [-0.15, -0.1) is 11.8 Å². The molecule has 1 aliphatic heterocycles. The Kier molecular flexibility index (Phi) is 6.58. The number of rotatable bonds is 6. The summed E-state index contributed by atoms with van der Waals surface area (Å²) in [7, 11) is 3.13. The number of halogens is 1. The van der Waals surface area contributed by atoms with Crippen molar-refractivity contribution in [2.45, 2.75) is 5.37 Å². The number of nitrogens with zero attached hydrogens (tertiary/aromatic N) is 1. The molecule has 0 unspecified atom stereocenters. The summed E-state index contributed by atoms with van der Waals surface area (Å²) in [6, 6.07) is 19.7. The van der Waals surface area contributed by atoms with Crippen LogP contribution in [0.5, 0.6) is 11.5 Å². The van der Waals surface area contributed by atoms with Crippen molar-refractivity contribution in [1.29, 1.82) is 0 Å². The fraction of sp³-hybridized carbons (Fsp3) is 0.167. The molecule has 1 N–H and O–H groups in total. The van der Waals surface area contributed by atoms with Gasteiger partial charge in [-0.25, -0.2) is 0 Å². The molecule has 8 heteroatoms. The van der Waals surface area contributed by atoms with Crippen LogP contribution in [0.2, 0.25) is 5.02 Å². The number of hydrogen-bond donors (Lipinski definition) is 1. The minimum atomic E-state index is -0.340. The average molecular weight is 469 g/mol. The highest BCUT2D eigenvalue weighted by molar-refractivity contribution is 8.00. The predicted molar refractivity (Wildman–Crippen MR) is 128 cm³/mol. The lowest BCUT2D eigenvalue weighted by molar-refractivity contribution is -0.115. The first kappa shape index (κ1) is 22.0. The number of nitrogens with one attached hydrogen (secondary N) is 1. The fourth-order valence-corrected chi connectivity index (χ4v) is 4.99. The second-order valence-corrected chi connectivity index (χ2v) is 8.46. The van der Waals surface area contributed by atoms with E-state index in [1.807, 2.05) is 24.3 Å². The molecule has 1 saturated heterocycles. The lowest BCUT2D eigenvalue weighted by atomic mass is 10.1. The third-order valence-electron chi connectivity index (χ3n) is 5.11. The number of para-hydroxylation sites is 1. The molecule has 0 aliphatic carbocycles. The van der Waals surface area contributed by atoms with Crippen LogP contribution in [0.1, 0.15) is 21.3 Å². The Bertz CT molecular complexity index is 1170. The number of carbonyl (C=O) groups is 2. The highest BCUT2D eigenvalue weighted by Gasteiger charge is 2.37. The van der Waals surface area contributed by atoms with Crippen LogP contribution in [0.25, 0.3) is 0 Å². The van der Waals surface area contributed by atoms with E-state index in [2.05, 4.69) is 5.32 Å². The molecule has 3 aromatic rings. The number of carbonyl (C=O) groups excluding carboxylic acids is 2. The monoisotopic (exact) mass is 468 g/mol. The Hall–Kier alpha value is -3.16. The summed E-state index contributed by atoms with van der Waals surface area (Å²) in [5, 5.41) is 2.98. The highest BCUT2D eigenvalue weighted by atomic mass is 35.5. The van der Waals surface area contributed by atoms with Crippen LogP contribution in [-0.2, 0) is 4.79 Å². The molecular weight excluding hydrogens is 448 g/mol. The van der Waals surface area contributed by atoms with Gasteiger partial charge in [0.2, 0.25) is 5.91 Å². The minimum Gasteiger partial charge on any atom is -0.497 e. The van der Waals surface area contributed by atoms with Gasteiger partial charge in [-0.05, 0) is 30.3 Å². The highest BCUT2D eigenvalue weighted by Crippen LogP contribution is 2.47. The van der Waals surface area contributed by atoms with Gasteiger partial charge in [0.25, 0.3) is 5.91 Å². The first-order valence-corrected chi connectivity index (χ1v) is 11.3. The molecule has 32 heavy (non-hydrogen) atoms. The van der Waals surface area contributed by atoms with E-state index in [9.17, 15) is 9.59 Å². The van der Waals surface area contributed by atoms with E-state index in [0.717, 1.165) is 5.56 Å². The van der Waals surface area contributed by atoms with E-state index in [4.69, 9.17) is 21.1 Å². The Morgan fingerprint density at radius 3 is 2.56 bits per heavy atom. The van der Waals surface area contributed by atoms with Crippen LogP contribution in [-0.4, -0.2) is 31.8 Å². The smallest absolute Gasteiger partial charge is 0.257 e. The van der Waals surface area contributed by atoms with Crippen molar-refractivity contribution in [3.05, 3.63) is 82.9 Å². The average Bonchev–Trinajstić information content (AvgIpc) is 3.20. The van der Waals surface area contributed by atoms with E-state index in [-0.39, 0.29) is 17.2 Å². The SMILES string of the molecule is COc1ccc(N2C(=O)CS[C@H]2c2ccccc2NC(=O)c2ccccc2Cl)c(OC)c1. The van der Waals surface area contributed by atoms with Gasteiger partial charge in [-0.3, -0.25) is 14.5 Å². The van der Waals surface area contributed by atoms with Crippen LogP contribution < -0.4 is 19.7 Å². The number of hydrogen-bond acceptors (Lipinski definition) is 5. The number of thioether (sulfide) groups is 1. The van der Waals surface area contributed by atoms with Crippen molar-refractivity contribution >= 4 is 46.6 Å². The Morgan fingerprint density at radius 1 is 1.06 bits per heavy atom. The van der Waals surface area contributed by atoms with Crippen LogP contribution in [0, 0.1) is 0 Å². The topological polar surface area (TPSA) is 67.9 Å². The van der Waals surface area contributed by atoms with E-state index >= 15 is 0 Å². The van der Waals surface area contributed by atoms with Crippen molar-refractivity contribution in [3.63, 3.8) is 0 Å². The number of methoxy groups -OCH3 is 2. The maximum atomic E-state index is 12.9. The molecule has 1 heterocycles. The lowest BCUT2D eigenvalue weighted by Crippen LogP contribution is -2.29. The normalized spacial score (nSPS) is 15.5. The summed E-state index contributed by atoms with van der Waals surface area (Å²) in [6.07, 6.45) is 0. The largest absolute Gasteiger partial charge is 0.497 e. The summed E-state index contributed by atoms with van der Waals surface area (Å²) >= 11 is 7.68. The van der Waals surface area contributed by atoms with E-state index in [1.54, 1.807) is 61.6 Å². The van der Waals surface area contributed by atoms with Crippen LogP contribution in [0.3, 0.4) is 0 Å². The molecular formula is C24H21ClN2O4S. The lowest BCUT2D eigenvalue weighted by Gasteiger charge is -2.27. The van der Waals surface area contributed by atoms with Crippen molar-refractivity contribution < 1.29 is 19.1 Å². The van der Waals surface area contributed by atoms with E-state index in [1.165, 1.54) is 11.8 Å². The Morgan fingerprint density at radius 2 is 1.81 bits per heavy atom. The van der Waals surface area contributed by atoms with Gasteiger partial charge >= 0.3 is 0 Å². The Labute approximate surface area is 195 Å². The molecule has 4 rings (SSSR count). The summed E-state index contributed by atoms with van der Waals surface area (Å²) in [6.45, 7) is 0. The van der Waals surface area contributed by atoms with Gasteiger partial charge in [0.1, 0.15) is 16.9 Å².